The molecule has 0 saturated carbocycles. The smallest absolute Gasteiger partial charge is 0.190 e. The summed E-state index contributed by atoms with van der Waals surface area (Å²) >= 11 is 5.52. The molecule has 0 heterocycles. The molecule has 2 nitrogen and oxygen atoms in total. The summed E-state index contributed by atoms with van der Waals surface area (Å²) in [4.78, 5) is 0. The summed E-state index contributed by atoms with van der Waals surface area (Å²) in [6.45, 7) is 0.239. The fourth-order valence-corrected chi connectivity index (χ4v) is 1.80. The fourth-order valence-electron chi connectivity index (χ4n) is 1.65. The summed E-state index contributed by atoms with van der Waals surface area (Å²) in [5.74, 6) is -1.21. The molecular weight excluding hydrogens is 286 g/mol. The highest BCUT2D eigenvalue weighted by Crippen LogP contribution is 2.24. The molecule has 0 N–H and O–H groups in total. The maximum absolute atomic E-state index is 13.6. The first-order valence-electron chi connectivity index (χ1n) is 6.05. The lowest BCUT2D eigenvalue weighted by molar-refractivity contribution is 0.205. The van der Waals surface area contributed by atoms with E-state index in [1.165, 1.54) is 0 Å². The molecule has 0 radical (unpaired) electrons. The number of alkyl halides is 1. The van der Waals surface area contributed by atoms with Crippen molar-refractivity contribution in [2.45, 2.75) is 5.88 Å². The summed E-state index contributed by atoms with van der Waals surface area (Å²) in [6.07, 6.45) is 0. The normalized spacial score (nSPS) is 10.3. The molecular formula is C15H13ClF2O2. The third kappa shape index (κ3) is 3.84. The molecule has 0 aromatic heterocycles. The zero-order valence-electron chi connectivity index (χ0n) is 10.6. The number of ether oxygens (including phenoxy) is 2. The molecule has 0 aliphatic carbocycles. The first-order chi connectivity index (χ1) is 9.70. The SMILES string of the molecule is Fc1cc(CCl)cc(F)c1OCCOc1ccccc1. The average Bonchev–Trinajstić information content (AvgIpc) is 2.46. The van der Waals surface area contributed by atoms with Gasteiger partial charge in [-0.15, -0.1) is 11.6 Å². The summed E-state index contributed by atoms with van der Waals surface area (Å²) in [7, 11) is 0. The second kappa shape index (κ2) is 7.10. The lowest BCUT2D eigenvalue weighted by Gasteiger charge is -2.10. The van der Waals surface area contributed by atoms with E-state index in [4.69, 9.17) is 21.1 Å². The van der Waals surface area contributed by atoms with Gasteiger partial charge < -0.3 is 9.47 Å². The van der Waals surface area contributed by atoms with Gasteiger partial charge in [0.05, 0.1) is 0 Å². The molecule has 2 aromatic carbocycles. The van der Waals surface area contributed by atoms with Crippen LogP contribution in [0.2, 0.25) is 0 Å². The Morgan fingerprint density at radius 2 is 1.50 bits per heavy atom. The first kappa shape index (κ1) is 14.6. The molecule has 2 aromatic rings. The number of hydrogen-bond donors (Lipinski definition) is 0. The van der Waals surface area contributed by atoms with E-state index in [2.05, 4.69) is 0 Å². The van der Waals surface area contributed by atoms with Crippen LogP contribution in [0.3, 0.4) is 0 Å². The second-order valence-electron chi connectivity index (χ2n) is 4.03. The van der Waals surface area contributed by atoms with Crippen LogP contribution in [0.4, 0.5) is 8.78 Å². The number of rotatable bonds is 6. The standard InChI is InChI=1S/C15H13ClF2O2/c16-10-11-8-13(17)15(14(18)9-11)20-7-6-19-12-4-2-1-3-5-12/h1-5,8-9H,6-7,10H2. The van der Waals surface area contributed by atoms with Crippen LogP contribution in [-0.4, -0.2) is 13.2 Å². The predicted octanol–water partition coefficient (Wildman–Crippen LogP) is 4.16. The highest BCUT2D eigenvalue weighted by molar-refractivity contribution is 6.17. The number of hydrogen-bond acceptors (Lipinski definition) is 2. The number of benzene rings is 2. The van der Waals surface area contributed by atoms with Gasteiger partial charge in [0.1, 0.15) is 19.0 Å². The minimum atomic E-state index is -0.764. The van der Waals surface area contributed by atoms with Crippen molar-refractivity contribution < 1.29 is 18.3 Å². The lowest BCUT2D eigenvalue weighted by Crippen LogP contribution is -2.10. The van der Waals surface area contributed by atoms with Crippen LogP contribution in [0.15, 0.2) is 42.5 Å². The van der Waals surface area contributed by atoms with Crippen molar-refractivity contribution >= 4 is 11.6 Å². The molecule has 0 bridgehead atoms. The molecule has 0 atom stereocenters. The van der Waals surface area contributed by atoms with Gasteiger partial charge in [-0.2, -0.15) is 0 Å². The largest absolute Gasteiger partial charge is 0.490 e. The Morgan fingerprint density at radius 3 is 2.10 bits per heavy atom. The number of para-hydroxylation sites is 1. The van der Waals surface area contributed by atoms with Gasteiger partial charge in [-0.3, -0.25) is 0 Å². The molecule has 0 saturated heterocycles. The van der Waals surface area contributed by atoms with Gasteiger partial charge in [0.2, 0.25) is 0 Å². The average molecular weight is 299 g/mol. The van der Waals surface area contributed by atoms with Gasteiger partial charge in [0.15, 0.2) is 17.4 Å². The minimum Gasteiger partial charge on any atom is -0.490 e. The van der Waals surface area contributed by atoms with Gasteiger partial charge in [0.25, 0.3) is 0 Å². The predicted molar refractivity (Wildman–Crippen MR) is 73.3 cm³/mol. The van der Waals surface area contributed by atoms with E-state index in [-0.39, 0.29) is 19.1 Å². The van der Waals surface area contributed by atoms with Gasteiger partial charge in [-0.1, -0.05) is 18.2 Å². The van der Waals surface area contributed by atoms with E-state index in [0.29, 0.717) is 11.3 Å². The summed E-state index contributed by atoms with van der Waals surface area (Å²) in [5.41, 5.74) is 0.370. The van der Waals surface area contributed by atoms with Crippen molar-refractivity contribution in [2.24, 2.45) is 0 Å². The van der Waals surface area contributed by atoms with Crippen LogP contribution in [0, 0.1) is 11.6 Å². The highest BCUT2D eigenvalue weighted by atomic mass is 35.5. The fraction of sp³-hybridized carbons (Fsp3) is 0.200. The second-order valence-corrected chi connectivity index (χ2v) is 4.30. The lowest BCUT2D eigenvalue weighted by atomic mass is 10.2. The zero-order chi connectivity index (χ0) is 14.4. The summed E-state index contributed by atoms with van der Waals surface area (Å²) in [5, 5.41) is 0. The van der Waals surface area contributed by atoms with Crippen LogP contribution in [-0.2, 0) is 5.88 Å². The van der Waals surface area contributed by atoms with E-state index in [9.17, 15) is 8.78 Å². The van der Waals surface area contributed by atoms with Crippen LogP contribution in [0.25, 0.3) is 0 Å². The van der Waals surface area contributed by atoms with Gasteiger partial charge in [-0.05, 0) is 29.8 Å². The first-order valence-corrected chi connectivity index (χ1v) is 6.58. The topological polar surface area (TPSA) is 18.5 Å². The van der Waals surface area contributed by atoms with E-state index >= 15 is 0 Å². The van der Waals surface area contributed by atoms with E-state index < -0.39 is 17.4 Å². The third-order valence-corrected chi connectivity index (χ3v) is 2.86. The van der Waals surface area contributed by atoms with Crippen molar-refractivity contribution in [1.82, 2.24) is 0 Å². The van der Waals surface area contributed by atoms with Crippen LogP contribution >= 0.6 is 11.6 Å². The molecule has 5 heteroatoms. The zero-order valence-corrected chi connectivity index (χ0v) is 11.4. The maximum Gasteiger partial charge on any atom is 0.190 e. The quantitative estimate of drug-likeness (QED) is 0.589. The minimum absolute atomic E-state index is 0.0446. The summed E-state index contributed by atoms with van der Waals surface area (Å²) in [6, 6.07) is 11.4. The molecule has 0 amide bonds. The molecule has 20 heavy (non-hydrogen) atoms. The van der Waals surface area contributed by atoms with Crippen molar-refractivity contribution in [3.05, 3.63) is 59.7 Å². The van der Waals surface area contributed by atoms with Crippen LogP contribution in [0.1, 0.15) is 5.56 Å². The Bertz CT molecular complexity index is 538. The third-order valence-electron chi connectivity index (χ3n) is 2.55. The Balaban J connectivity index is 1.88. The highest BCUT2D eigenvalue weighted by Gasteiger charge is 2.12. The van der Waals surface area contributed by atoms with E-state index in [0.717, 1.165) is 12.1 Å². The van der Waals surface area contributed by atoms with Gasteiger partial charge in [-0.25, -0.2) is 8.78 Å². The molecule has 0 unspecified atom stereocenters. The van der Waals surface area contributed by atoms with Gasteiger partial charge >= 0.3 is 0 Å². The van der Waals surface area contributed by atoms with Crippen LogP contribution in [0.5, 0.6) is 11.5 Å². The van der Waals surface area contributed by atoms with Crippen LogP contribution < -0.4 is 9.47 Å². The monoisotopic (exact) mass is 298 g/mol. The molecule has 106 valence electrons. The summed E-state index contributed by atoms with van der Waals surface area (Å²) < 4.78 is 37.6. The molecule has 0 aliphatic rings. The molecule has 2 rings (SSSR count). The van der Waals surface area contributed by atoms with E-state index in [1.54, 1.807) is 12.1 Å². The van der Waals surface area contributed by atoms with Crippen molar-refractivity contribution in [1.29, 1.82) is 0 Å². The van der Waals surface area contributed by atoms with Gasteiger partial charge in [0, 0.05) is 5.88 Å². The number of halogens is 3. The van der Waals surface area contributed by atoms with E-state index in [1.807, 2.05) is 18.2 Å². The molecule has 0 aliphatic heterocycles. The Morgan fingerprint density at radius 1 is 0.900 bits per heavy atom. The van der Waals surface area contributed by atoms with Crippen molar-refractivity contribution in [3.63, 3.8) is 0 Å². The van der Waals surface area contributed by atoms with Crippen molar-refractivity contribution in [3.8, 4) is 11.5 Å². The maximum atomic E-state index is 13.6. The molecule has 0 fully saturated rings. The Hall–Kier alpha value is -1.81. The van der Waals surface area contributed by atoms with Crippen molar-refractivity contribution in [2.75, 3.05) is 13.2 Å². The Labute approximate surface area is 120 Å². The Kier molecular flexibility index (Phi) is 5.18. The molecule has 0 spiro atoms.